The van der Waals surface area contributed by atoms with Crippen molar-refractivity contribution in [3.63, 3.8) is 0 Å². The molecule has 114 valence electrons. The molecule has 4 unspecified atom stereocenters. The van der Waals surface area contributed by atoms with Gasteiger partial charge in [0.25, 0.3) is 0 Å². The summed E-state index contributed by atoms with van der Waals surface area (Å²) in [6.45, 7) is 4.26. The fourth-order valence-corrected chi connectivity index (χ4v) is 4.57. The molecule has 0 saturated heterocycles. The summed E-state index contributed by atoms with van der Waals surface area (Å²) >= 11 is 0. The predicted molar refractivity (Wildman–Crippen MR) is 83.5 cm³/mol. The van der Waals surface area contributed by atoms with Crippen LogP contribution in [0.1, 0.15) is 44.9 Å². The van der Waals surface area contributed by atoms with Gasteiger partial charge in [-0.2, -0.15) is 15.0 Å². The van der Waals surface area contributed by atoms with Crippen molar-refractivity contribution in [3.8, 4) is 0 Å². The van der Waals surface area contributed by atoms with E-state index in [4.69, 9.17) is 0 Å². The van der Waals surface area contributed by atoms with Gasteiger partial charge in [0.1, 0.15) is 5.82 Å². The molecule has 0 radical (unpaired) electrons. The quantitative estimate of drug-likeness (QED) is 0.922. The van der Waals surface area contributed by atoms with Crippen molar-refractivity contribution in [2.24, 2.45) is 23.7 Å². The number of hydrogen-bond acceptors (Lipinski definition) is 5. The summed E-state index contributed by atoms with van der Waals surface area (Å²) in [4.78, 5) is 15.7. The van der Waals surface area contributed by atoms with Gasteiger partial charge in [-0.25, -0.2) is 0 Å². The third kappa shape index (κ3) is 2.09. The topological polar surface area (TPSA) is 53.9 Å². The monoisotopic (exact) mass is 287 g/mol. The molecule has 1 N–H and O–H groups in total. The summed E-state index contributed by atoms with van der Waals surface area (Å²) in [5, 5.41) is 3.62. The highest BCUT2D eigenvalue weighted by Gasteiger charge is 2.65. The minimum atomic E-state index is 0.321. The molecule has 2 bridgehead atoms. The molecule has 4 rings (SSSR count). The first-order valence-electron chi connectivity index (χ1n) is 8.24. The normalized spacial score (nSPS) is 36.0. The summed E-state index contributed by atoms with van der Waals surface area (Å²) < 4.78 is 0. The Hall–Kier alpha value is -1.39. The molecule has 3 saturated carbocycles. The Kier molecular flexibility index (Phi) is 2.88. The number of nitrogens with one attached hydrogen (secondary N) is 1. The number of hydrogen-bond donors (Lipinski definition) is 1. The van der Waals surface area contributed by atoms with E-state index in [0.717, 1.165) is 41.4 Å². The molecule has 3 fully saturated rings. The van der Waals surface area contributed by atoms with Crippen LogP contribution in [0.4, 0.5) is 11.9 Å². The van der Waals surface area contributed by atoms with Crippen molar-refractivity contribution < 1.29 is 0 Å². The molecule has 0 aliphatic heterocycles. The molecule has 3 aliphatic carbocycles. The standard InChI is InChI=1S/C16H25N5/c1-8(2)14-18-15(20-16(19-14)21(3)4)17-13-11-9-5-6-10(7-9)12(11)13/h8-13H,5-7H2,1-4H3,(H,17,18,19,20). The summed E-state index contributed by atoms with van der Waals surface area (Å²) in [6, 6.07) is 0.619. The summed E-state index contributed by atoms with van der Waals surface area (Å²) in [7, 11) is 3.96. The molecular formula is C16H25N5. The molecule has 1 aromatic rings. The lowest BCUT2D eigenvalue weighted by molar-refractivity contribution is 0.456. The van der Waals surface area contributed by atoms with Crippen molar-refractivity contribution in [2.75, 3.05) is 24.3 Å². The average Bonchev–Trinajstić information content (AvgIpc) is 2.84. The van der Waals surface area contributed by atoms with Crippen LogP contribution >= 0.6 is 0 Å². The molecule has 3 aliphatic rings. The van der Waals surface area contributed by atoms with Crippen LogP contribution < -0.4 is 10.2 Å². The van der Waals surface area contributed by atoms with Gasteiger partial charge in [0, 0.05) is 26.1 Å². The van der Waals surface area contributed by atoms with Gasteiger partial charge in [-0.05, 0) is 42.9 Å². The maximum atomic E-state index is 4.63. The van der Waals surface area contributed by atoms with Gasteiger partial charge < -0.3 is 10.2 Å². The zero-order valence-electron chi connectivity index (χ0n) is 13.4. The van der Waals surface area contributed by atoms with Crippen molar-refractivity contribution in [1.82, 2.24) is 15.0 Å². The predicted octanol–water partition coefficient (Wildman–Crippen LogP) is 2.52. The largest absolute Gasteiger partial charge is 0.351 e. The molecule has 4 atom stereocenters. The molecular weight excluding hydrogens is 262 g/mol. The van der Waals surface area contributed by atoms with E-state index in [0.29, 0.717) is 12.0 Å². The molecule has 0 spiro atoms. The van der Waals surface area contributed by atoms with E-state index >= 15 is 0 Å². The van der Waals surface area contributed by atoms with Crippen LogP contribution in [-0.4, -0.2) is 35.1 Å². The Balaban J connectivity index is 1.55. The van der Waals surface area contributed by atoms with Gasteiger partial charge in [0.2, 0.25) is 11.9 Å². The van der Waals surface area contributed by atoms with Crippen LogP contribution in [0.25, 0.3) is 0 Å². The number of rotatable bonds is 4. The molecule has 1 heterocycles. The third-order valence-electron chi connectivity index (χ3n) is 5.59. The van der Waals surface area contributed by atoms with Crippen LogP contribution in [-0.2, 0) is 0 Å². The summed E-state index contributed by atoms with van der Waals surface area (Å²) in [5.74, 6) is 6.46. The van der Waals surface area contributed by atoms with Gasteiger partial charge in [-0.1, -0.05) is 13.8 Å². The fourth-order valence-electron chi connectivity index (χ4n) is 4.57. The third-order valence-corrected chi connectivity index (χ3v) is 5.59. The SMILES string of the molecule is CC(C)c1nc(NC2C3C4CCC(C4)C23)nc(N(C)C)n1. The minimum Gasteiger partial charge on any atom is -0.351 e. The molecule has 21 heavy (non-hydrogen) atoms. The Morgan fingerprint density at radius 3 is 2.29 bits per heavy atom. The Labute approximate surface area is 126 Å². The number of fused-ring (bicyclic) bond motifs is 5. The average molecular weight is 287 g/mol. The van der Waals surface area contributed by atoms with Gasteiger partial charge in [0.05, 0.1) is 0 Å². The Bertz CT molecular complexity index is 513. The fraction of sp³-hybridized carbons (Fsp3) is 0.812. The second-order valence-corrected chi connectivity index (χ2v) is 7.52. The van der Waals surface area contributed by atoms with Crippen molar-refractivity contribution >= 4 is 11.9 Å². The Morgan fingerprint density at radius 1 is 1.05 bits per heavy atom. The number of aromatic nitrogens is 3. The molecule has 0 aromatic carbocycles. The van der Waals surface area contributed by atoms with E-state index in [1.807, 2.05) is 19.0 Å². The molecule has 0 amide bonds. The van der Waals surface area contributed by atoms with E-state index < -0.39 is 0 Å². The lowest BCUT2D eigenvalue weighted by Gasteiger charge is -2.16. The first-order valence-corrected chi connectivity index (χ1v) is 8.24. The van der Waals surface area contributed by atoms with E-state index in [2.05, 4.69) is 34.1 Å². The molecule has 5 heteroatoms. The van der Waals surface area contributed by atoms with Crippen LogP contribution in [0.2, 0.25) is 0 Å². The van der Waals surface area contributed by atoms with Crippen molar-refractivity contribution in [1.29, 1.82) is 0 Å². The van der Waals surface area contributed by atoms with Gasteiger partial charge in [-0.15, -0.1) is 0 Å². The van der Waals surface area contributed by atoms with Crippen LogP contribution in [0.5, 0.6) is 0 Å². The van der Waals surface area contributed by atoms with E-state index in [9.17, 15) is 0 Å². The zero-order valence-corrected chi connectivity index (χ0v) is 13.4. The highest BCUT2D eigenvalue weighted by Crippen LogP contribution is 2.66. The highest BCUT2D eigenvalue weighted by atomic mass is 15.3. The van der Waals surface area contributed by atoms with E-state index in [-0.39, 0.29) is 0 Å². The second-order valence-electron chi connectivity index (χ2n) is 7.52. The van der Waals surface area contributed by atoms with Crippen LogP contribution in [0, 0.1) is 23.7 Å². The lowest BCUT2D eigenvalue weighted by atomic mass is 10.0. The highest BCUT2D eigenvalue weighted by molar-refractivity contribution is 5.40. The van der Waals surface area contributed by atoms with Crippen molar-refractivity contribution in [2.45, 2.75) is 45.1 Å². The number of anilines is 2. The first-order chi connectivity index (χ1) is 10.0. The zero-order chi connectivity index (χ0) is 14.7. The lowest BCUT2D eigenvalue weighted by Crippen LogP contribution is -2.20. The maximum absolute atomic E-state index is 4.63. The van der Waals surface area contributed by atoms with Crippen LogP contribution in [0.3, 0.4) is 0 Å². The minimum absolute atomic E-state index is 0.321. The van der Waals surface area contributed by atoms with E-state index in [1.165, 1.54) is 19.3 Å². The van der Waals surface area contributed by atoms with Crippen molar-refractivity contribution in [3.05, 3.63) is 5.82 Å². The summed E-state index contributed by atoms with van der Waals surface area (Å²) in [6.07, 6.45) is 4.37. The first kappa shape index (κ1) is 13.3. The maximum Gasteiger partial charge on any atom is 0.229 e. The van der Waals surface area contributed by atoms with Crippen LogP contribution in [0.15, 0.2) is 0 Å². The molecule has 1 aromatic heterocycles. The van der Waals surface area contributed by atoms with E-state index in [1.54, 1.807) is 0 Å². The Morgan fingerprint density at radius 2 is 1.71 bits per heavy atom. The smallest absolute Gasteiger partial charge is 0.229 e. The second kappa shape index (κ2) is 4.55. The number of nitrogens with zero attached hydrogens (tertiary/aromatic N) is 4. The van der Waals surface area contributed by atoms with Gasteiger partial charge in [0.15, 0.2) is 0 Å². The molecule has 5 nitrogen and oxygen atoms in total. The summed E-state index contributed by atoms with van der Waals surface area (Å²) in [5.41, 5.74) is 0. The van der Waals surface area contributed by atoms with Gasteiger partial charge >= 0.3 is 0 Å². The van der Waals surface area contributed by atoms with Gasteiger partial charge in [-0.3, -0.25) is 0 Å².